The average Bonchev–Trinajstić information content (AvgIpc) is 3.49. The third-order valence-electron chi connectivity index (χ3n) is 6.42. The van der Waals surface area contributed by atoms with Crippen molar-refractivity contribution in [1.29, 1.82) is 0 Å². The van der Waals surface area contributed by atoms with Gasteiger partial charge in [0.15, 0.2) is 5.78 Å². The van der Waals surface area contributed by atoms with Crippen LogP contribution in [0.25, 0.3) is 0 Å². The number of benzene rings is 1. The fourth-order valence-electron chi connectivity index (χ4n) is 4.24. The molecule has 0 bridgehead atoms. The van der Waals surface area contributed by atoms with Crippen molar-refractivity contribution < 1.29 is 39.1 Å². The average molecular weight is 437 g/mol. The zero-order valence-corrected chi connectivity index (χ0v) is 18.2. The van der Waals surface area contributed by atoms with Crippen molar-refractivity contribution in [2.45, 2.75) is 75.7 Å². The van der Waals surface area contributed by atoms with Crippen molar-refractivity contribution in [2.75, 3.05) is 13.7 Å². The van der Waals surface area contributed by atoms with Gasteiger partial charge in [-0.1, -0.05) is 6.92 Å². The van der Waals surface area contributed by atoms with Crippen LogP contribution in [-0.4, -0.2) is 76.7 Å². The van der Waals surface area contributed by atoms with E-state index in [9.17, 15) is 24.9 Å². The third kappa shape index (κ3) is 5.51. The monoisotopic (exact) mass is 436 g/mol. The molecule has 172 valence electrons. The fourth-order valence-corrected chi connectivity index (χ4v) is 4.24. The normalized spacial score (nSPS) is 32.2. The molecule has 2 aliphatic heterocycles. The minimum atomic E-state index is -1.33. The Hall–Kier alpha value is -1.84. The van der Waals surface area contributed by atoms with Crippen LogP contribution in [-0.2, 0) is 14.3 Å². The van der Waals surface area contributed by atoms with Crippen LogP contribution < -0.4 is 4.74 Å². The molecular formula is C23H32O8. The topological polar surface area (TPSA) is 126 Å². The van der Waals surface area contributed by atoms with Crippen molar-refractivity contribution in [2.24, 2.45) is 5.92 Å². The van der Waals surface area contributed by atoms with Gasteiger partial charge < -0.3 is 29.5 Å². The number of Topliss-reactive ketones (excluding diaryl/α,β-unsaturated/α-hetero) is 2. The molecule has 0 saturated carbocycles. The molecule has 8 heteroatoms. The minimum Gasteiger partial charge on any atom is -0.497 e. The van der Waals surface area contributed by atoms with E-state index < -0.39 is 23.9 Å². The van der Waals surface area contributed by atoms with Gasteiger partial charge >= 0.3 is 0 Å². The Morgan fingerprint density at radius 1 is 1.23 bits per heavy atom. The van der Waals surface area contributed by atoms with E-state index in [0.717, 1.165) is 0 Å². The van der Waals surface area contributed by atoms with Gasteiger partial charge in [-0.25, -0.2) is 0 Å². The molecule has 0 amide bonds. The van der Waals surface area contributed by atoms with Crippen LogP contribution in [0.5, 0.6) is 5.75 Å². The molecule has 2 aliphatic rings. The number of aliphatic hydroxyl groups excluding tert-OH is 3. The Bertz CT molecular complexity index is 776. The van der Waals surface area contributed by atoms with Gasteiger partial charge in [0.25, 0.3) is 0 Å². The number of hydrogen-bond donors (Lipinski definition) is 3. The Balaban J connectivity index is 1.68. The second-order valence-electron chi connectivity index (χ2n) is 8.70. The molecule has 2 fully saturated rings. The van der Waals surface area contributed by atoms with Crippen LogP contribution in [0.2, 0.25) is 0 Å². The highest BCUT2D eigenvalue weighted by atomic mass is 16.6. The maximum atomic E-state index is 12.8. The fraction of sp³-hybridized carbons (Fsp3) is 0.652. The minimum absolute atomic E-state index is 0.111. The number of methoxy groups -OCH3 is 1. The first-order valence-electron chi connectivity index (χ1n) is 10.7. The van der Waals surface area contributed by atoms with Gasteiger partial charge in [-0.15, -0.1) is 0 Å². The predicted octanol–water partition coefficient (Wildman–Crippen LogP) is 1.28. The van der Waals surface area contributed by atoms with Gasteiger partial charge in [0.05, 0.1) is 44.6 Å². The Kier molecular flexibility index (Phi) is 7.49. The molecule has 8 nitrogen and oxygen atoms in total. The summed E-state index contributed by atoms with van der Waals surface area (Å²) in [6.07, 6.45) is -3.42. The van der Waals surface area contributed by atoms with E-state index in [1.807, 2.05) is 6.92 Å². The summed E-state index contributed by atoms with van der Waals surface area (Å²) in [4.78, 5) is 25.3. The number of ketones is 2. The molecule has 2 heterocycles. The van der Waals surface area contributed by atoms with Gasteiger partial charge in [-0.2, -0.15) is 0 Å². The summed E-state index contributed by atoms with van der Waals surface area (Å²) in [5.74, 6) is -0.216. The smallest absolute Gasteiger partial charge is 0.170 e. The zero-order valence-electron chi connectivity index (χ0n) is 18.2. The highest BCUT2D eigenvalue weighted by Gasteiger charge is 2.55. The summed E-state index contributed by atoms with van der Waals surface area (Å²) in [5.41, 5.74) is -0.933. The van der Waals surface area contributed by atoms with Crippen LogP contribution in [0.1, 0.15) is 49.9 Å². The van der Waals surface area contributed by atoms with E-state index in [-0.39, 0.29) is 62.0 Å². The van der Waals surface area contributed by atoms with E-state index in [1.165, 1.54) is 7.11 Å². The Morgan fingerprint density at radius 3 is 2.52 bits per heavy atom. The second-order valence-corrected chi connectivity index (χ2v) is 8.70. The van der Waals surface area contributed by atoms with Gasteiger partial charge in [0, 0.05) is 24.3 Å². The quantitative estimate of drug-likeness (QED) is 0.285. The lowest BCUT2D eigenvalue weighted by molar-refractivity contribution is -0.204. The van der Waals surface area contributed by atoms with E-state index >= 15 is 0 Å². The standard InChI is InChI=1S/C23H32O8/c1-13(14(2)24)21-20(31-21)12-23(22(28)18(26)8-9-30-23)11-16(25)10-19(27)15-4-6-17(29-3)7-5-15/h4-7,13-14,18,20-22,24,26,28H,8-12H2,1-3H3/t13-,14-,18?,20-,21-,22?,23+/m0/s1. The van der Waals surface area contributed by atoms with Gasteiger partial charge in [-0.05, 0) is 37.6 Å². The van der Waals surface area contributed by atoms with Crippen molar-refractivity contribution in [1.82, 2.24) is 0 Å². The number of hydrogen-bond acceptors (Lipinski definition) is 8. The first-order chi connectivity index (χ1) is 14.7. The van der Waals surface area contributed by atoms with Crippen LogP contribution in [0.4, 0.5) is 0 Å². The number of carbonyl (C=O) groups excluding carboxylic acids is 2. The van der Waals surface area contributed by atoms with Crippen LogP contribution in [0.15, 0.2) is 24.3 Å². The Morgan fingerprint density at radius 2 is 1.90 bits per heavy atom. The molecule has 0 radical (unpaired) electrons. The van der Waals surface area contributed by atoms with Crippen LogP contribution in [0.3, 0.4) is 0 Å². The first-order valence-corrected chi connectivity index (χ1v) is 10.7. The molecule has 3 rings (SSSR count). The van der Waals surface area contributed by atoms with E-state index in [1.54, 1.807) is 31.2 Å². The molecular weight excluding hydrogens is 404 g/mol. The molecule has 2 unspecified atom stereocenters. The van der Waals surface area contributed by atoms with Crippen molar-refractivity contribution in [3.63, 3.8) is 0 Å². The number of ether oxygens (including phenoxy) is 3. The molecule has 7 atom stereocenters. The van der Waals surface area contributed by atoms with Crippen LogP contribution >= 0.6 is 0 Å². The number of rotatable bonds is 10. The molecule has 1 aromatic carbocycles. The molecule has 3 N–H and O–H groups in total. The van der Waals surface area contributed by atoms with E-state index in [0.29, 0.717) is 11.3 Å². The summed E-state index contributed by atoms with van der Waals surface area (Å²) in [6.45, 7) is 3.75. The molecule has 0 aliphatic carbocycles. The maximum Gasteiger partial charge on any atom is 0.170 e. The molecule has 0 aromatic heterocycles. The van der Waals surface area contributed by atoms with Gasteiger partial charge in [0.1, 0.15) is 23.2 Å². The largest absolute Gasteiger partial charge is 0.497 e. The van der Waals surface area contributed by atoms with E-state index in [2.05, 4.69) is 0 Å². The van der Waals surface area contributed by atoms with Gasteiger partial charge in [0.2, 0.25) is 0 Å². The number of aliphatic hydroxyl groups is 3. The summed E-state index contributed by atoms with van der Waals surface area (Å²) >= 11 is 0. The summed E-state index contributed by atoms with van der Waals surface area (Å²) < 4.78 is 16.6. The summed E-state index contributed by atoms with van der Waals surface area (Å²) in [7, 11) is 1.53. The predicted molar refractivity (Wildman–Crippen MR) is 111 cm³/mol. The number of epoxide rings is 1. The van der Waals surface area contributed by atoms with Gasteiger partial charge in [-0.3, -0.25) is 9.59 Å². The van der Waals surface area contributed by atoms with Crippen molar-refractivity contribution in [3.8, 4) is 5.75 Å². The molecule has 2 saturated heterocycles. The van der Waals surface area contributed by atoms with Crippen molar-refractivity contribution >= 4 is 11.6 Å². The Labute approximate surface area is 182 Å². The second kappa shape index (κ2) is 9.75. The number of carbonyl (C=O) groups is 2. The van der Waals surface area contributed by atoms with Crippen molar-refractivity contribution in [3.05, 3.63) is 29.8 Å². The maximum absolute atomic E-state index is 12.8. The van der Waals surface area contributed by atoms with Crippen LogP contribution in [0, 0.1) is 5.92 Å². The summed E-state index contributed by atoms with van der Waals surface area (Å²) in [6, 6.07) is 6.49. The highest BCUT2D eigenvalue weighted by molar-refractivity contribution is 6.08. The SMILES string of the molecule is COc1ccc(C(=O)CC(=O)C[C@]2(C[C@@H]3O[C@H]3[C@@H](C)[C@H](C)O)OCCC(O)C2O)cc1. The third-order valence-corrected chi connectivity index (χ3v) is 6.42. The lowest BCUT2D eigenvalue weighted by Gasteiger charge is -2.43. The zero-order chi connectivity index (χ0) is 22.8. The lowest BCUT2D eigenvalue weighted by atomic mass is 9.79. The molecule has 1 aromatic rings. The lowest BCUT2D eigenvalue weighted by Crippen LogP contribution is -2.57. The first kappa shape index (κ1) is 23.8. The molecule has 31 heavy (non-hydrogen) atoms. The highest BCUT2D eigenvalue weighted by Crippen LogP contribution is 2.42. The summed E-state index contributed by atoms with van der Waals surface area (Å²) in [5, 5.41) is 30.8. The molecule has 0 spiro atoms. The van der Waals surface area contributed by atoms with E-state index in [4.69, 9.17) is 14.2 Å².